The van der Waals surface area contributed by atoms with Crippen molar-refractivity contribution in [1.29, 1.82) is 0 Å². The SMILES string of the molecule is CCCn1cncc1CNc1cccc(Cl)n1. The number of aromatic nitrogens is 3. The van der Waals surface area contributed by atoms with Crippen LogP contribution in [0.4, 0.5) is 5.82 Å². The Morgan fingerprint density at radius 2 is 2.29 bits per heavy atom. The molecule has 2 aromatic rings. The Hall–Kier alpha value is -1.55. The second kappa shape index (κ2) is 5.68. The average Bonchev–Trinajstić information content (AvgIpc) is 2.75. The normalized spacial score (nSPS) is 10.5. The van der Waals surface area contributed by atoms with Gasteiger partial charge in [0.05, 0.1) is 18.6 Å². The van der Waals surface area contributed by atoms with Crippen LogP contribution in [-0.4, -0.2) is 14.5 Å². The summed E-state index contributed by atoms with van der Waals surface area (Å²) < 4.78 is 2.14. The molecule has 0 amide bonds. The van der Waals surface area contributed by atoms with Gasteiger partial charge in [-0.15, -0.1) is 0 Å². The maximum atomic E-state index is 5.82. The van der Waals surface area contributed by atoms with Gasteiger partial charge in [0.2, 0.25) is 0 Å². The Balaban J connectivity index is 1.99. The predicted molar refractivity (Wildman–Crippen MR) is 69.1 cm³/mol. The fourth-order valence-electron chi connectivity index (χ4n) is 1.63. The molecule has 0 aliphatic rings. The molecule has 0 aliphatic carbocycles. The molecule has 2 rings (SSSR count). The molecule has 0 aromatic carbocycles. The van der Waals surface area contributed by atoms with Crippen molar-refractivity contribution < 1.29 is 0 Å². The molecule has 17 heavy (non-hydrogen) atoms. The first-order chi connectivity index (χ1) is 8.29. The highest BCUT2D eigenvalue weighted by Gasteiger charge is 2.01. The summed E-state index contributed by atoms with van der Waals surface area (Å²) in [4.78, 5) is 8.32. The molecule has 0 saturated carbocycles. The van der Waals surface area contributed by atoms with Gasteiger partial charge in [-0.1, -0.05) is 24.6 Å². The number of halogens is 1. The third-order valence-corrected chi connectivity index (χ3v) is 2.64. The van der Waals surface area contributed by atoms with Gasteiger partial charge in [0.15, 0.2) is 0 Å². The van der Waals surface area contributed by atoms with Crippen LogP contribution in [0, 0.1) is 0 Å². The molecule has 2 aromatic heterocycles. The highest BCUT2D eigenvalue weighted by molar-refractivity contribution is 6.29. The van der Waals surface area contributed by atoms with Crippen molar-refractivity contribution in [3.05, 3.63) is 41.6 Å². The number of imidazole rings is 1. The van der Waals surface area contributed by atoms with Gasteiger partial charge in [-0.2, -0.15) is 0 Å². The molecule has 0 saturated heterocycles. The zero-order chi connectivity index (χ0) is 12.1. The van der Waals surface area contributed by atoms with Gasteiger partial charge < -0.3 is 9.88 Å². The highest BCUT2D eigenvalue weighted by atomic mass is 35.5. The summed E-state index contributed by atoms with van der Waals surface area (Å²) in [6.45, 7) is 3.84. The second-order valence-electron chi connectivity index (χ2n) is 3.78. The third-order valence-electron chi connectivity index (χ3n) is 2.43. The van der Waals surface area contributed by atoms with Crippen molar-refractivity contribution in [2.45, 2.75) is 26.4 Å². The number of hydrogen-bond acceptors (Lipinski definition) is 3. The standard InChI is InChI=1S/C12H15ClN4/c1-2-6-17-9-14-7-10(17)8-15-12-5-3-4-11(13)16-12/h3-5,7,9H,2,6,8H2,1H3,(H,15,16). The Morgan fingerprint density at radius 1 is 1.41 bits per heavy atom. The zero-order valence-corrected chi connectivity index (χ0v) is 10.5. The van der Waals surface area contributed by atoms with E-state index >= 15 is 0 Å². The van der Waals surface area contributed by atoms with Gasteiger partial charge in [-0.25, -0.2) is 9.97 Å². The minimum absolute atomic E-state index is 0.497. The third kappa shape index (κ3) is 3.20. The number of hydrogen-bond donors (Lipinski definition) is 1. The minimum atomic E-state index is 0.497. The fraction of sp³-hybridized carbons (Fsp3) is 0.333. The number of nitrogens with zero attached hydrogens (tertiary/aromatic N) is 3. The van der Waals surface area contributed by atoms with Gasteiger partial charge in [0, 0.05) is 12.7 Å². The van der Waals surface area contributed by atoms with E-state index in [9.17, 15) is 0 Å². The first-order valence-electron chi connectivity index (χ1n) is 5.65. The van der Waals surface area contributed by atoms with Crippen LogP contribution in [-0.2, 0) is 13.1 Å². The van der Waals surface area contributed by atoms with Gasteiger partial charge in [0.1, 0.15) is 11.0 Å². The molecule has 0 fully saturated rings. The molecule has 0 unspecified atom stereocenters. The highest BCUT2D eigenvalue weighted by Crippen LogP contribution is 2.10. The summed E-state index contributed by atoms with van der Waals surface area (Å²) in [6.07, 6.45) is 4.82. The Morgan fingerprint density at radius 3 is 3.06 bits per heavy atom. The number of nitrogens with one attached hydrogen (secondary N) is 1. The minimum Gasteiger partial charge on any atom is -0.364 e. The molecule has 0 radical (unpaired) electrons. The summed E-state index contributed by atoms with van der Waals surface area (Å²) in [5.41, 5.74) is 1.15. The molecule has 90 valence electrons. The Kier molecular flexibility index (Phi) is 3.98. The van der Waals surface area contributed by atoms with E-state index in [0.29, 0.717) is 11.7 Å². The quantitative estimate of drug-likeness (QED) is 0.830. The summed E-state index contributed by atoms with van der Waals surface area (Å²) >= 11 is 5.82. The van der Waals surface area contributed by atoms with Gasteiger partial charge >= 0.3 is 0 Å². The fourth-order valence-corrected chi connectivity index (χ4v) is 1.79. The molecule has 0 atom stereocenters. The second-order valence-corrected chi connectivity index (χ2v) is 4.16. The van der Waals surface area contributed by atoms with Crippen molar-refractivity contribution in [2.24, 2.45) is 0 Å². The van der Waals surface area contributed by atoms with Gasteiger partial charge in [-0.05, 0) is 18.6 Å². The first-order valence-corrected chi connectivity index (χ1v) is 6.03. The van der Waals surface area contributed by atoms with Crippen molar-refractivity contribution in [3.8, 4) is 0 Å². The zero-order valence-electron chi connectivity index (χ0n) is 9.73. The van der Waals surface area contributed by atoms with Crippen LogP contribution in [0.2, 0.25) is 5.15 Å². The van der Waals surface area contributed by atoms with Gasteiger partial charge in [-0.3, -0.25) is 0 Å². The molecule has 0 spiro atoms. The lowest BCUT2D eigenvalue weighted by atomic mass is 10.4. The lowest BCUT2D eigenvalue weighted by molar-refractivity contribution is 0.651. The summed E-state index contributed by atoms with van der Waals surface area (Å²) in [5, 5.41) is 3.73. The molecule has 1 N–H and O–H groups in total. The van der Waals surface area contributed by atoms with E-state index in [0.717, 1.165) is 24.5 Å². The molecule has 4 nitrogen and oxygen atoms in total. The lowest BCUT2D eigenvalue weighted by Gasteiger charge is -2.08. The topological polar surface area (TPSA) is 42.7 Å². The smallest absolute Gasteiger partial charge is 0.131 e. The molecular weight excluding hydrogens is 236 g/mol. The largest absolute Gasteiger partial charge is 0.364 e. The van der Waals surface area contributed by atoms with E-state index in [1.807, 2.05) is 24.7 Å². The van der Waals surface area contributed by atoms with Crippen LogP contribution in [0.5, 0.6) is 0 Å². The maximum absolute atomic E-state index is 5.82. The van der Waals surface area contributed by atoms with E-state index in [1.54, 1.807) is 6.07 Å². The van der Waals surface area contributed by atoms with Crippen LogP contribution in [0.1, 0.15) is 19.0 Å². The lowest BCUT2D eigenvalue weighted by Crippen LogP contribution is -2.07. The maximum Gasteiger partial charge on any atom is 0.131 e. The molecule has 0 aliphatic heterocycles. The molecular formula is C12H15ClN4. The Labute approximate surface area is 106 Å². The van der Waals surface area contributed by atoms with Crippen molar-refractivity contribution in [3.63, 3.8) is 0 Å². The van der Waals surface area contributed by atoms with Crippen LogP contribution >= 0.6 is 11.6 Å². The van der Waals surface area contributed by atoms with Gasteiger partial charge in [0.25, 0.3) is 0 Å². The van der Waals surface area contributed by atoms with E-state index < -0.39 is 0 Å². The number of anilines is 1. The van der Waals surface area contributed by atoms with Crippen LogP contribution in [0.15, 0.2) is 30.7 Å². The van der Waals surface area contributed by atoms with Crippen molar-refractivity contribution in [2.75, 3.05) is 5.32 Å². The number of rotatable bonds is 5. The van der Waals surface area contributed by atoms with E-state index in [2.05, 4.69) is 26.8 Å². The average molecular weight is 251 g/mol. The summed E-state index contributed by atoms with van der Waals surface area (Å²) in [7, 11) is 0. The summed E-state index contributed by atoms with van der Waals surface area (Å²) in [6, 6.07) is 5.53. The predicted octanol–water partition coefficient (Wildman–Crippen LogP) is 2.95. The van der Waals surface area contributed by atoms with E-state index in [1.165, 1.54) is 0 Å². The number of pyridine rings is 1. The Bertz CT molecular complexity index is 481. The molecule has 0 bridgehead atoms. The molecule has 5 heteroatoms. The van der Waals surface area contributed by atoms with Crippen LogP contribution in [0.3, 0.4) is 0 Å². The monoisotopic (exact) mass is 250 g/mol. The van der Waals surface area contributed by atoms with E-state index in [-0.39, 0.29) is 0 Å². The van der Waals surface area contributed by atoms with Crippen LogP contribution < -0.4 is 5.32 Å². The van der Waals surface area contributed by atoms with E-state index in [4.69, 9.17) is 11.6 Å². The van der Waals surface area contributed by atoms with Crippen LogP contribution in [0.25, 0.3) is 0 Å². The van der Waals surface area contributed by atoms with Crippen molar-refractivity contribution >= 4 is 17.4 Å². The van der Waals surface area contributed by atoms with Crippen molar-refractivity contribution in [1.82, 2.24) is 14.5 Å². The number of aryl methyl sites for hydroxylation is 1. The first kappa shape index (κ1) is 11.9. The molecule has 2 heterocycles. The summed E-state index contributed by atoms with van der Waals surface area (Å²) in [5.74, 6) is 0.779.